The van der Waals surface area contributed by atoms with Crippen molar-refractivity contribution < 1.29 is 14.3 Å². The van der Waals surface area contributed by atoms with Crippen molar-refractivity contribution in [2.75, 3.05) is 7.11 Å². The number of aromatic nitrogens is 2. The molecular weight excluding hydrogens is 344 g/mol. The summed E-state index contributed by atoms with van der Waals surface area (Å²) < 4.78 is 5.54. The highest BCUT2D eigenvalue weighted by Crippen LogP contribution is 2.27. The van der Waals surface area contributed by atoms with Gasteiger partial charge in [-0.15, -0.1) is 11.3 Å². The molecule has 122 valence electrons. The normalized spacial score (nSPS) is 10.5. The minimum Gasteiger partial charge on any atom is -0.618 e. The summed E-state index contributed by atoms with van der Waals surface area (Å²) in [7, 11) is 1.36. The fraction of sp³-hybridized carbons (Fsp3) is 0.118. The molecule has 0 radical (unpaired) electrons. The Labute approximate surface area is 147 Å². The van der Waals surface area contributed by atoms with Crippen LogP contribution in [0.5, 0.6) is 0 Å². The average Bonchev–Trinajstić information content (AvgIpc) is 3.09. The molecule has 24 heavy (non-hydrogen) atoms. The standard InChI is InChI=1S/C17H14N2O3S2/c1-22-17(20)13-7-5-12(6-8-13)16-18-14(11-24-16)10-23-15-4-2-3-9-19(15)21/h2-9,11H,10H2,1H3. The van der Waals surface area contributed by atoms with Gasteiger partial charge in [-0.2, -0.15) is 4.73 Å². The number of thiazole rings is 1. The summed E-state index contributed by atoms with van der Waals surface area (Å²) >= 11 is 2.99. The first-order valence-corrected chi connectivity index (χ1v) is 8.98. The van der Waals surface area contributed by atoms with Gasteiger partial charge in [0, 0.05) is 28.8 Å². The second-order valence-corrected chi connectivity index (χ2v) is 6.72. The lowest BCUT2D eigenvalue weighted by atomic mass is 10.1. The summed E-state index contributed by atoms with van der Waals surface area (Å²) in [6.45, 7) is 0. The van der Waals surface area contributed by atoms with Crippen LogP contribution in [0, 0.1) is 5.21 Å². The topological polar surface area (TPSA) is 66.1 Å². The van der Waals surface area contributed by atoms with E-state index in [0.29, 0.717) is 16.3 Å². The van der Waals surface area contributed by atoms with E-state index in [1.807, 2.05) is 23.6 Å². The Balaban J connectivity index is 1.69. The number of thioether (sulfide) groups is 1. The molecule has 0 N–H and O–H groups in total. The smallest absolute Gasteiger partial charge is 0.337 e. The van der Waals surface area contributed by atoms with Crippen LogP contribution >= 0.6 is 23.1 Å². The van der Waals surface area contributed by atoms with Gasteiger partial charge in [-0.05, 0) is 30.0 Å². The number of hydrogen-bond donors (Lipinski definition) is 0. The molecule has 0 saturated heterocycles. The minimum absolute atomic E-state index is 0.355. The van der Waals surface area contributed by atoms with E-state index in [1.165, 1.54) is 36.4 Å². The van der Waals surface area contributed by atoms with Gasteiger partial charge >= 0.3 is 5.97 Å². The number of nitrogens with zero attached hydrogens (tertiary/aromatic N) is 2. The summed E-state index contributed by atoms with van der Waals surface area (Å²) in [6.07, 6.45) is 1.48. The molecule has 3 aromatic rings. The van der Waals surface area contributed by atoms with Crippen molar-refractivity contribution in [3.8, 4) is 10.6 Å². The first-order chi connectivity index (χ1) is 11.7. The van der Waals surface area contributed by atoms with Crippen LogP contribution in [0.4, 0.5) is 0 Å². The molecule has 0 aliphatic rings. The molecule has 5 nitrogen and oxygen atoms in total. The number of methoxy groups -OCH3 is 1. The molecule has 0 bridgehead atoms. The quantitative estimate of drug-likeness (QED) is 0.302. The number of benzene rings is 1. The van der Waals surface area contributed by atoms with Gasteiger partial charge in [0.25, 0.3) is 5.03 Å². The van der Waals surface area contributed by atoms with Crippen LogP contribution in [-0.4, -0.2) is 18.1 Å². The number of ether oxygens (including phenoxy) is 1. The lowest BCUT2D eigenvalue weighted by molar-refractivity contribution is -0.645. The SMILES string of the molecule is COC(=O)c1ccc(-c2nc(CSc3cccc[n+]3[O-])cs2)cc1. The van der Waals surface area contributed by atoms with Crippen LogP contribution in [0.2, 0.25) is 0 Å². The maximum absolute atomic E-state index is 11.6. The van der Waals surface area contributed by atoms with Gasteiger partial charge in [0.15, 0.2) is 6.20 Å². The molecule has 0 spiro atoms. The lowest BCUT2D eigenvalue weighted by Gasteiger charge is -2.02. The highest BCUT2D eigenvalue weighted by molar-refractivity contribution is 7.98. The second-order valence-electron chi connectivity index (χ2n) is 4.87. The molecule has 0 aliphatic heterocycles. The largest absolute Gasteiger partial charge is 0.618 e. The molecule has 0 aliphatic carbocycles. The molecular formula is C17H14N2O3S2. The lowest BCUT2D eigenvalue weighted by Crippen LogP contribution is -2.27. The molecule has 0 saturated carbocycles. The van der Waals surface area contributed by atoms with Crippen LogP contribution in [0.25, 0.3) is 10.6 Å². The summed E-state index contributed by atoms with van der Waals surface area (Å²) in [5.74, 6) is 0.273. The van der Waals surface area contributed by atoms with Gasteiger partial charge in [0.1, 0.15) is 5.01 Å². The van der Waals surface area contributed by atoms with E-state index < -0.39 is 0 Å². The molecule has 7 heteroatoms. The van der Waals surface area contributed by atoms with Gasteiger partial charge in [-0.3, -0.25) is 0 Å². The number of hydrogen-bond acceptors (Lipinski definition) is 6. The Bertz CT molecular complexity index is 847. The van der Waals surface area contributed by atoms with E-state index in [4.69, 9.17) is 0 Å². The molecule has 0 atom stereocenters. The molecule has 2 aromatic heterocycles. The van der Waals surface area contributed by atoms with Gasteiger partial charge in [0.05, 0.1) is 18.4 Å². The third-order valence-electron chi connectivity index (χ3n) is 3.26. The zero-order valence-corrected chi connectivity index (χ0v) is 14.5. The van der Waals surface area contributed by atoms with Gasteiger partial charge in [-0.1, -0.05) is 12.1 Å². The Morgan fingerprint density at radius 3 is 2.79 bits per heavy atom. The molecule has 0 unspecified atom stereocenters. The fourth-order valence-electron chi connectivity index (χ4n) is 2.04. The summed E-state index contributed by atoms with van der Waals surface area (Å²) in [5, 5.41) is 15.1. The van der Waals surface area contributed by atoms with Crippen molar-refractivity contribution >= 4 is 29.1 Å². The third-order valence-corrected chi connectivity index (χ3v) is 5.25. The number of pyridine rings is 1. The van der Waals surface area contributed by atoms with E-state index >= 15 is 0 Å². The average molecular weight is 358 g/mol. The van der Waals surface area contributed by atoms with Gasteiger partial charge in [-0.25, -0.2) is 9.78 Å². The molecule has 0 fully saturated rings. The maximum Gasteiger partial charge on any atom is 0.337 e. The first kappa shape index (κ1) is 16.5. The Hall–Kier alpha value is -2.38. The zero-order chi connectivity index (χ0) is 16.9. The van der Waals surface area contributed by atoms with Crippen LogP contribution in [0.3, 0.4) is 0 Å². The molecule has 2 heterocycles. The second kappa shape index (κ2) is 7.46. The maximum atomic E-state index is 11.6. The molecule has 1 aromatic carbocycles. The highest BCUT2D eigenvalue weighted by atomic mass is 32.2. The molecule has 0 amide bonds. The summed E-state index contributed by atoms with van der Waals surface area (Å²) in [4.78, 5) is 16.0. The number of carbonyl (C=O) groups excluding carboxylic acids is 1. The number of rotatable bonds is 5. The summed E-state index contributed by atoms with van der Waals surface area (Å²) in [5.41, 5.74) is 2.38. The predicted molar refractivity (Wildman–Crippen MR) is 93.9 cm³/mol. The predicted octanol–water partition coefficient (Wildman–Crippen LogP) is 3.52. The van der Waals surface area contributed by atoms with Crippen LogP contribution < -0.4 is 4.73 Å². The van der Waals surface area contributed by atoms with Crippen LogP contribution in [0.15, 0.2) is 59.1 Å². The van der Waals surface area contributed by atoms with Crippen molar-refractivity contribution in [3.05, 3.63) is 70.5 Å². The van der Waals surface area contributed by atoms with E-state index in [9.17, 15) is 10.0 Å². The van der Waals surface area contributed by atoms with Crippen LogP contribution in [-0.2, 0) is 10.5 Å². The summed E-state index contributed by atoms with van der Waals surface area (Å²) in [6, 6.07) is 12.5. The van der Waals surface area contributed by atoms with Gasteiger partial charge in [0.2, 0.25) is 0 Å². The van der Waals surface area contributed by atoms with Crippen LogP contribution in [0.1, 0.15) is 16.1 Å². The monoisotopic (exact) mass is 358 g/mol. The number of carbonyl (C=O) groups is 1. The zero-order valence-electron chi connectivity index (χ0n) is 12.8. The van der Waals surface area contributed by atoms with Gasteiger partial charge < -0.3 is 9.94 Å². The van der Waals surface area contributed by atoms with Crippen molar-refractivity contribution in [3.63, 3.8) is 0 Å². The van der Waals surface area contributed by atoms with E-state index in [-0.39, 0.29) is 5.97 Å². The van der Waals surface area contributed by atoms with Crippen molar-refractivity contribution in [1.29, 1.82) is 0 Å². The van der Waals surface area contributed by atoms with E-state index in [0.717, 1.165) is 21.0 Å². The van der Waals surface area contributed by atoms with Crippen molar-refractivity contribution in [2.45, 2.75) is 10.8 Å². The first-order valence-electron chi connectivity index (χ1n) is 7.11. The third kappa shape index (κ3) is 3.74. The van der Waals surface area contributed by atoms with E-state index in [1.54, 1.807) is 24.3 Å². The Kier molecular flexibility index (Phi) is 5.12. The number of esters is 1. The van der Waals surface area contributed by atoms with Crippen molar-refractivity contribution in [2.24, 2.45) is 0 Å². The van der Waals surface area contributed by atoms with Crippen molar-refractivity contribution in [1.82, 2.24) is 4.98 Å². The highest BCUT2D eigenvalue weighted by Gasteiger charge is 2.10. The Morgan fingerprint density at radius 1 is 1.29 bits per heavy atom. The van der Waals surface area contributed by atoms with E-state index in [2.05, 4.69) is 9.72 Å². The Morgan fingerprint density at radius 2 is 2.08 bits per heavy atom. The fourth-order valence-corrected chi connectivity index (χ4v) is 3.78. The molecule has 3 rings (SSSR count). The minimum atomic E-state index is -0.355.